The number of nitrogens with zero attached hydrogens (tertiary/aromatic N) is 1. The number of benzene rings is 1. The van der Waals surface area contributed by atoms with Gasteiger partial charge in [0.25, 0.3) is 5.91 Å². The minimum atomic E-state index is -0.301. The van der Waals surface area contributed by atoms with E-state index in [-0.39, 0.29) is 23.3 Å². The van der Waals surface area contributed by atoms with Crippen LogP contribution in [0.5, 0.6) is 0 Å². The zero-order valence-electron chi connectivity index (χ0n) is 14.6. The van der Waals surface area contributed by atoms with E-state index < -0.39 is 0 Å². The molecule has 1 heterocycles. The van der Waals surface area contributed by atoms with E-state index in [0.29, 0.717) is 5.56 Å². The smallest absolute Gasteiger partial charge is 0.277 e. The Balaban J connectivity index is 1.53. The third-order valence-electron chi connectivity index (χ3n) is 6.33. The van der Waals surface area contributed by atoms with Gasteiger partial charge in [-0.15, -0.1) is 0 Å². The molecule has 5 heteroatoms. The molecule has 1 aromatic carbocycles. The van der Waals surface area contributed by atoms with Crippen molar-refractivity contribution < 1.29 is 14.8 Å². The Bertz CT molecular complexity index is 696. The van der Waals surface area contributed by atoms with Gasteiger partial charge >= 0.3 is 0 Å². The maximum atomic E-state index is 12.6. The highest BCUT2D eigenvalue weighted by Crippen LogP contribution is 2.41. The van der Waals surface area contributed by atoms with E-state index in [1.807, 2.05) is 12.1 Å². The minimum Gasteiger partial charge on any atom is -0.356 e. The zero-order chi connectivity index (χ0) is 17.4. The largest absolute Gasteiger partial charge is 0.356 e. The monoisotopic (exact) mass is 342 g/mol. The first kappa shape index (κ1) is 16.6. The van der Waals surface area contributed by atoms with Gasteiger partial charge in [-0.3, -0.25) is 14.8 Å². The Morgan fingerprint density at radius 1 is 1.16 bits per heavy atom. The maximum absolute atomic E-state index is 12.6. The molecule has 1 aromatic rings. The van der Waals surface area contributed by atoms with Gasteiger partial charge < -0.3 is 5.32 Å². The lowest BCUT2D eigenvalue weighted by molar-refractivity contribution is -0.134. The predicted molar refractivity (Wildman–Crippen MR) is 93.4 cm³/mol. The summed E-state index contributed by atoms with van der Waals surface area (Å²) in [7, 11) is 0. The molecule has 2 amide bonds. The van der Waals surface area contributed by atoms with Gasteiger partial charge in [-0.25, -0.2) is 5.06 Å². The molecular weight excluding hydrogens is 316 g/mol. The van der Waals surface area contributed by atoms with Crippen LogP contribution < -0.4 is 5.32 Å². The average Bonchev–Trinajstić information content (AvgIpc) is 3.17. The van der Waals surface area contributed by atoms with Crippen LogP contribution in [0.2, 0.25) is 0 Å². The molecule has 1 aliphatic heterocycles. The van der Waals surface area contributed by atoms with Crippen molar-refractivity contribution in [2.45, 2.75) is 63.8 Å². The fourth-order valence-corrected chi connectivity index (χ4v) is 4.77. The summed E-state index contributed by atoms with van der Waals surface area (Å²) in [5, 5.41) is 14.2. The molecule has 0 radical (unpaired) electrons. The molecule has 4 rings (SSSR count). The van der Waals surface area contributed by atoms with Gasteiger partial charge in [0.2, 0.25) is 5.91 Å². The number of hydroxylamine groups is 2. The second-order valence-electron chi connectivity index (χ2n) is 7.89. The number of hydrogen-bond acceptors (Lipinski definition) is 3. The van der Waals surface area contributed by atoms with E-state index in [1.165, 1.54) is 5.56 Å². The van der Waals surface area contributed by atoms with Gasteiger partial charge in [0, 0.05) is 12.1 Å². The lowest BCUT2D eigenvalue weighted by Crippen LogP contribution is -2.48. The molecule has 0 unspecified atom stereocenters. The van der Waals surface area contributed by atoms with Crippen molar-refractivity contribution in [2.75, 3.05) is 6.54 Å². The number of fused-ring (bicyclic) bond motifs is 1. The van der Waals surface area contributed by atoms with Gasteiger partial charge in [-0.05, 0) is 68.2 Å². The van der Waals surface area contributed by atoms with Crippen molar-refractivity contribution in [1.29, 1.82) is 0 Å². The van der Waals surface area contributed by atoms with E-state index in [4.69, 9.17) is 0 Å². The van der Waals surface area contributed by atoms with E-state index in [1.54, 1.807) is 6.07 Å². The third-order valence-corrected chi connectivity index (χ3v) is 6.33. The molecule has 2 fully saturated rings. The minimum absolute atomic E-state index is 0.0438. The quantitative estimate of drug-likeness (QED) is 0.641. The highest BCUT2D eigenvalue weighted by atomic mass is 16.5. The Morgan fingerprint density at radius 3 is 2.72 bits per heavy atom. The van der Waals surface area contributed by atoms with E-state index in [9.17, 15) is 14.8 Å². The zero-order valence-corrected chi connectivity index (χ0v) is 14.6. The number of amides is 2. The number of carbonyl (C=O) groups is 2. The average molecular weight is 342 g/mol. The molecule has 1 saturated carbocycles. The van der Waals surface area contributed by atoms with Crippen LogP contribution in [0.4, 0.5) is 0 Å². The van der Waals surface area contributed by atoms with Gasteiger partial charge in [-0.1, -0.05) is 18.9 Å². The van der Waals surface area contributed by atoms with Crippen LogP contribution in [-0.4, -0.2) is 34.7 Å². The van der Waals surface area contributed by atoms with Crippen LogP contribution >= 0.6 is 0 Å². The second-order valence-corrected chi connectivity index (χ2v) is 7.89. The van der Waals surface area contributed by atoms with E-state index >= 15 is 0 Å². The van der Waals surface area contributed by atoms with E-state index in [2.05, 4.69) is 5.32 Å². The summed E-state index contributed by atoms with van der Waals surface area (Å²) in [6.45, 7) is 0.786. The first-order chi connectivity index (χ1) is 12.1. The maximum Gasteiger partial charge on any atom is 0.277 e. The van der Waals surface area contributed by atoms with Crippen molar-refractivity contribution in [3.8, 4) is 0 Å². The fraction of sp³-hybridized carbons (Fsp3) is 0.600. The molecule has 3 aliphatic rings. The van der Waals surface area contributed by atoms with Crippen LogP contribution in [0.1, 0.15) is 66.4 Å². The molecule has 1 spiro atoms. The number of piperidine rings is 1. The molecule has 2 aliphatic carbocycles. The molecule has 2 N–H and O–H groups in total. The molecule has 5 nitrogen and oxygen atoms in total. The summed E-state index contributed by atoms with van der Waals surface area (Å²) >= 11 is 0. The van der Waals surface area contributed by atoms with Crippen molar-refractivity contribution in [3.63, 3.8) is 0 Å². The normalized spacial score (nSPS) is 26.4. The van der Waals surface area contributed by atoms with Crippen molar-refractivity contribution in [3.05, 3.63) is 34.9 Å². The van der Waals surface area contributed by atoms with Crippen LogP contribution in [0.15, 0.2) is 18.2 Å². The first-order valence-electron chi connectivity index (χ1n) is 9.52. The standard InChI is InChI=1S/C20H26N2O3/c23-18(22(25)17-4-1-2-5-17)15-6-7-16-13-20(10-8-14(16)12-15)9-3-11-21-19(20)24/h6-7,12,17,25H,1-5,8-11,13H2,(H,21,24)/t20-/m0/s1. The topological polar surface area (TPSA) is 69.6 Å². The molecule has 1 atom stereocenters. The predicted octanol–water partition coefficient (Wildman–Crippen LogP) is 2.85. The lowest BCUT2D eigenvalue weighted by atomic mass is 9.67. The molecule has 25 heavy (non-hydrogen) atoms. The first-order valence-corrected chi connectivity index (χ1v) is 9.52. The van der Waals surface area contributed by atoms with Crippen LogP contribution in [0, 0.1) is 5.41 Å². The SMILES string of the molecule is O=C(c1ccc2c(c1)CC[C@@]1(CCCNC1=O)C2)N(O)C1CCCC1. The van der Waals surface area contributed by atoms with Gasteiger partial charge in [-0.2, -0.15) is 0 Å². The molecule has 0 aromatic heterocycles. The summed E-state index contributed by atoms with van der Waals surface area (Å²) in [5.74, 6) is -0.113. The van der Waals surface area contributed by atoms with E-state index in [0.717, 1.165) is 75.0 Å². The highest BCUT2D eigenvalue weighted by Gasteiger charge is 2.42. The molecule has 1 saturated heterocycles. The molecular formula is C20H26N2O3. The summed E-state index contributed by atoms with van der Waals surface area (Å²) in [5.41, 5.74) is 2.61. The highest BCUT2D eigenvalue weighted by molar-refractivity contribution is 5.94. The number of carbonyl (C=O) groups excluding carboxylic acids is 2. The molecule has 0 bridgehead atoms. The van der Waals surface area contributed by atoms with Gasteiger partial charge in [0.05, 0.1) is 11.5 Å². The number of hydrogen-bond donors (Lipinski definition) is 2. The summed E-state index contributed by atoms with van der Waals surface area (Å²) in [6.07, 6.45) is 8.31. The second kappa shape index (κ2) is 6.45. The lowest BCUT2D eigenvalue weighted by Gasteiger charge is -2.40. The van der Waals surface area contributed by atoms with Crippen molar-refractivity contribution >= 4 is 11.8 Å². The summed E-state index contributed by atoms with van der Waals surface area (Å²) in [4.78, 5) is 25.0. The van der Waals surface area contributed by atoms with Crippen LogP contribution in [0.25, 0.3) is 0 Å². The summed E-state index contributed by atoms with van der Waals surface area (Å²) in [6, 6.07) is 5.66. The van der Waals surface area contributed by atoms with Crippen LogP contribution in [-0.2, 0) is 17.6 Å². The Labute approximate surface area is 148 Å². The number of nitrogens with one attached hydrogen (secondary N) is 1. The number of aryl methyl sites for hydroxylation is 1. The van der Waals surface area contributed by atoms with Gasteiger partial charge in [0.1, 0.15) is 0 Å². The Kier molecular flexibility index (Phi) is 4.28. The van der Waals surface area contributed by atoms with Crippen molar-refractivity contribution in [1.82, 2.24) is 10.4 Å². The Hall–Kier alpha value is -1.88. The van der Waals surface area contributed by atoms with Gasteiger partial charge in [0.15, 0.2) is 0 Å². The number of rotatable bonds is 2. The van der Waals surface area contributed by atoms with Crippen LogP contribution in [0.3, 0.4) is 0 Å². The van der Waals surface area contributed by atoms with Crippen molar-refractivity contribution in [2.24, 2.45) is 5.41 Å². The third kappa shape index (κ3) is 2.95. The molecule has 134 valence electrons. The fourth-order valence-electron chi connectivity index (χ4n) is 4.77. The Morgan fingerprint density at radius 2 is 1.96 bits per heavy atom. The summed E-state index contributed by atoms with van der Waals surface area (Å²) < 4.78 is 0.